The minimum atomic E-state index is -0.257. The Morgan fingerprint density at radius 2 is 1.91 bits per heavy atom. The van der Waals surface area contributed by atoms with Gasteiger partial charge in [0.1, 0.15) is 5.75 Å². The van der Waals surface area contributed by atoms with Crippen molar-refractivity contribution in [3.63, 3.8) is 0 Å². The van der Waals surface area contributed by atoms with Crippen molar-refractivity contribution in [1.29, 1.82) is 0 Å². The minimum absolute atomic E-state index is 0.145. The predicted octanol–water partition coefficient (Wildman–Crippen LogP) is 3.28. The van der Waals surface area contributed by atoms with Crippen LogP contribution in [0, 0.1) is 0 Å². The molecule has 1 N–H and O–H groups in total. The molecule has 2 aromatic heterocycles. The Kier molecular flexibility index (Phi) is 9.25. The molecule has 3 rings (SSSR count). The van der Waals surface area contributed by atoms with E-state index in [4.69, 9.17) is 9.47 Å². The van der Waals surface area contributed by atoms with E-state index in [1.807, 2.05) is 47.9 Å². The summed E-state index contributed by atoms with van der Waals surface area (Å²) in [5.41, 5.74) is 1.66. The van der Waals surface area contributed by atoms with Gasteiger partial charge >= 0.3 is 5.97 Å². The maximum atomic E-state index is 12.3. The van der Waals surface area contributed by atoms with Crippen LogP contribution in [-0.2, 0) is 14.3 Å². The van der Waals surface area contributed by atoms with E-state index in [0.717, 1.165) is 17.0 Å². The first-order valence-electron chi connectivity index (χ1n) is 10.8. The third kappa shape index (κ3) is 7.04. The van der Waals surface area contributed by atoms with Gasteiger partial charge in [-0.1, -0.05) is 11.8 Å². The summed E-state index contributed by atoms with van der Waals surface area (Å²) in [6.45, 7) is 5.05. The molecule has 0 saturated carbocycles. The maximum Gasteiger partial charge on any atom is 0.305 e. The number of carbonyl (C=O) groups excluding carboxylic acids is 2. The molecule has 0 spiro atoms. The fourth-order valence-electron chi connectivity index (χ4n) is 3.01. The van der Waals surface area contributed by atoms with E-state index in [-0.39, 0.29) is 24.1 Å². The van der Waals surface area contributed by atoms with Gasteiger partial charge in [0.2, 0.25) is 5.91 Å². The average molecular weight is 470 g/mol. The van der Waals surface area contributed by atoms with Crippen LogP contribution in [0.1, 0.15) is 26.7 Å². The third-order valence-electron chi connectivity index (χ3n) is 4.48. The zero-order chi connectivity index (χ0) is 23.5. The lowest BCUT2D eigenvalue weighted by atomic mass is 10.2. The van der Waals surface area contributed by atoms with Gasteiger partial charge in [-0.2, -0.15) is 0 Å². The molecule has 2 heterocycles. The van der Waals surface area contributed by atoms with Gasteiger partial charge in [0.25, 0.3) is 0 Å². The van der Waals surface area contributed by atoms with Crippen LogP contribution in [0.3, 0.4) is 0 Å². The van der Waals surface area contributed by atoms with Gasteiger partial charge < -0.3 is 14.8 Å². The summed E-state index contributed by atoms with van der Waals surface area (Å²) in [6, 6.07) is 11.4. The molecule has 3 aromatic rings. The highest BCUT2D eigenvalue weighted by atomic mass is 32.2. The molecule has 9 nitrogen and oxygen atoms in total. The summed E-state index contributed by atoms with van der Waals surface area (Å²) in [7, 11) is 0. The van der Waals surface area contributed by atoms with Crippen molar-refractivity contribution in [2.45, 2.75) is 31.8 Å². The number of rotatable bonds is 12. The Hall–Kier alpha value is -3.40. The smallest absolute Gasteiger partial charge is 0.305 e. The van der Waals surface area contributed by atoms with Crippen molar-refractivity contribution in [1.82, 2.24) is 25.1 Å². The van der Waals surface area contributed by atoms with E-state index in [1.165, 1.54) is 11.8 Å². The van der Waals surface area contributed by atoms with Crippen LogP contribution < -0.4 is 10.1 Å². The zero-order valence-electron chi connectivity index (χ0n) is 18.7. The summed E-state index contributed by atoms with van der Waals surface area (Å²) in [5.74, 6) is 1.17. The summed E-state index contributed by atoms with van der Waals surface area (Å²) in [5, 5.41) is 12.1. The molecule has 0 aliphatic rings. The Morgan fingerprint density at radius 3 is 2.61 bits per heavy atom. The molecule has 1 aromatic carbocycles. The third-order valence-corrected chi connectivity index (χ3v) is 5.41. The van der Waals surface area contributed by atoms with E-state index < -0.39 is 0 Å². The molecule has 0 saturated heterocycles. The average Bonchev–Trinajstić information content (AvgIpc) is 3.26. The lowest BCUT2D eigenvalue weighted by molar-refractivity contribution is -0.143. The van der Waals surface area contributed by atoms with Crippen LogP contribution in [0.5, 0.6) is 5.75 Å². The van der Waals surface area contributed by atoms with E-state index in [1.54, 1.807) is 19.3 Å². The number of nitrogens with one attached hydrogen (secondary N) is 1. The summed E-state index contributed by atoms with van der Waals surface area (Å²) in [6.07, 6.45) is 4.23. The second-order valence-corrected chi connectivity index (χ2v) is 7.80. The molecular weight excluding hydrogens is 442 g/mol. The molecule has 0 aliphatic carbocycles. The van der Waals surface area contributed by atoms with Crippen molar-refractivity contribution in [3.05, 3.63) is 48.8 Å². The molecule has 0 bridgehead atoms. The largest absolute Gasteiger partial charge is 0.494 e. The number of carbonyl (C=O) groups is 2. The lowest BCUT2D eigenvalue weighted by Crippen LogP contribution is -2.26. The normalized spacial score (nSPS) is 10.6. The van der Waals surface area contributed by atoms with Gasteiger partial charge in [0, 0.05) is 36.6 Å². The highest BCUT2D eigenvalue weighted by molar-refractivity contribution is 7.99. The van der Waals surface area contributed by atoms with Crippen molar-refractivity contribution in [3.8, 4) is 22.8 Å². The first-order chi connectivity index (χ1) is 16.1. The standard InChI is InChI=1S/C23H27N5O4S/c1-3-31-19-11-9-18(10-12-19)28-22(17-7-5-13-24-15-17)26-27-23(28)33-16-20(29)25-14-6-8-21(30)32-4-2/h5,7,9-13,15H,3-4,6,8,14,16H2,1-2H3,(H,25,29). The minimum Gasteiger partial charge on any atom is -0.494 e. The van der Waals surface area contributed by atoms with Gasteiger partial charge in [-0.25, -0.2) is 0 Å². The Bertz CT molecular complexity index is 1040. The van der Waals surface area contributed by atoms with Crippen molar-refractivity contribution in [2.24, 2.45) is 0 Å². The SMILES string of the molecule is CCOC(=O)CCCNC(=O)CSc1nnc(-c2cccnc2)n1-c1ccc(OCC)cc1. The molecule has 33 heavy (non-hydrogen) atoms. The number of pyridine rings is 1. The topological polar surface area (TPSA) is 108 Å². The van der Waals surface area contributed by atoms with Crippen molar-refractivity contribution >= 4 is 23.6 Å². The second kappa shape index (κ2) is 12.6. The van der Waals surface area contributed by atoms with E-state index >= 15 is 0 Å². The van der Waals surface area contributed by atoms with E-state index in [9.17, 15) is 9.59 Å². The highest BCUT2D eigenvalue weighted by Crippen LogP contribution is 2.28. The quantitative estimate of drug-likeness (QED) is 0.245. The molecule has 1 amide bonds. The van der Waals surface area contributed by atoms with Crippen LogP contribution in [0.2, 0.25) is 0 Å². The number of aromatic nitrogens is 4. The lowest BCUT2D eigenvalue weighted by Gasteiger charge is -2.11. The first kappa shape index (κ1) is 24.2. The number of amides is 1. The fraction of sp³-hybridized carbons (Fsp3) is 0.348. The molecule has 0 aliphatic heterocycles. The number of ether oxygens (including phenoxy) is 2. The van der Waals surface area contributed by atoms with Crippen LogP contribution in [0.4, 0.5) is 0 Å². The molecule has 0 atom stereocenters. The van der Waals surface area contributed by atoms with Crippen LogP contribution >= 0.6 is 11.8 Å². The van der Waals surface area contributed by atoms with E-state index in [0.29, 0.717) is 37.2 Å². The van der Waals surface area contributed by atoms with Gasteiger partial charge in [0.05, 0.1) is 19.0 Å². The number of benzene rings is 1. The molecule has 174 valence electrons. The monoisotopic (exact) mass is 469 g/mol. The maximum absolute atomic E-state index is 12.3. The number of thioether (sulfide) groups is 1. The van der Waals surface area contributed by atoms with Gasteiger partial charge in [-0.3, -0.25) is 19.1 Å². The zero-order valence-corrected chi connectivity index (χ0v) is 19.5. The molecule has 10 heteroatoms. The number of hydrogen-bond donors (Lipinski definition) is 1. The Balaban J connectivity index is 1.69. The Morgan fingerprint density at radius 1 is 1.09 bits per heavy atom. The number of hydrogen-bond acceptors (Lipinski definition) is 8. The fourth-order valence-corrected chi connectivity index (χ4v) is 3.79. The summed E-state index contributed by atoms with van der Waals surface area (Å²) < 4.78 is 12.3. The van der Waals surface area contributed by atoms with Crippen LogP contribution in [0.15, 0.2) is 53.9 Å². The van der Waals surface area contributed by atoms with Gasteiger partial charge in [-0.15, -0.1) is 10.2 Å². The first-order valence-corrected chi connectivity index (χ1v) is 11.7. The molecule has 0 radical (unpaired) electrons. The van der Waals surface area contributed by atoms with E-state index in [2.05, 4.69) is 20.5 Å². The highest BCUT2D eigenvalue weighted by Gasteiger charge is 2.17. The second-order valence-electron chi connectivity index (χ2n) is 6.86. The van der Waals surface area contributed by atoms with Crippen LogP contribution in [-0.4, -0.2) is 57.1 Å². The predicted molar refractivity (Wildman–Crippen MR) is 125 cm³/mol. The molecular formula is C23H27N5O4S. The Labute approximate surface area is 196 Å². The van der Waals surface area contributed by atoms with Crippen LogP contribution in [0.25, 0.3) is 17.1 Å². The van der Waals surface area contributed by atoms with Crippen molar-refractivity contribution < 1.29 is 19.1 Å². The van der Waals surface area contributed by atoms with Gasteiger partial charge in [0.15, 0.2) is 11.0 Å². The summed E-state index contributed by atoms with van der Waals surface area (Å²) >= 11 is 1.29. The summed E-state index contributed by atoms with van der Waals surface area (Å²) in [4.78, 5) is 27.9. The van der Waals surface area contributed by atoms with Crippen molar-refractivity contribution in [2.75, 3.05) is 25.5 Å². The number of esters is 1. The van der Waals surface area contributed by atoms with Gasteiger partial charge in [-0.05, 0) is 56.7 Å². The number of nitrogens with zero attached hydrogens (tertiary/aromatic N) is 4. The molecule has 0 unspecified atom stereocenters. The molecule has 0 fully saturated rings.